The average molecular weight is 135 g/mol. The zero-order valence-corrected chi connectivity index (χ0v) is 6.54. The van der Waals surface area contributed by atoms with Crippen LogP contribution in [-0.2, 0) is 0 Å². The average Bonchev–Trinajstić information content (AvgIpc) is 2.05. The molecule has 10 heavy (non-hydrogen) atoms. The van der Waals surface area contributed by atoms with E-state index in [1.807, 2.05) is 12.4 Å². The first-order valence-electron chi connectivity index (χ1n) is 3.74. The Hall–Kier alpha value is -0.850. The first-order valence-corrected chi connectivity index (χ1v) is 3.74. The van der Waals surface area contributed by atoms with Gasteiger partial charge in [0, 0.05) is 12.4 Å². The molecule has 0 aliphatic rings. The first-order chi connectivity index (χ1) is 4.84. The molecule has 0 N–H and O–H groups in total. The van der Waals surface area contributed by atoms with Crippen molar-refractivity contribution in [2.24, 2.45) is 0 Å². The topological polar surface area (TPSA) is 12.9 Å². The highest BCUT2D eigenvalue weighted by molar-refractivity contribution is 5.14. The second-order valence-electron chi connectivity index (χ2n) is 2.59. The van der Waals surface area contributed by atoms with Crippen molar-refractivity contribution < 1.29 is 0 Å². The van der Waals surface area contributed by atoms with Gasteiger partial charge in [0.05, 0.1) is 0 Å². The number of aromatic nitrogens is 1. The lowest BCUT2D eigenvalue weighted by atomic mass is 10.0. The number of nitrogens with zero attached hydrogens (tertiary/aromatic N) is 1. The molecule has 0 spiro atoms. The lowest BCUT2D eigenvalue weighted by molar-refractivity contribution is 0.732. The summed E-state index contributed by atoms with van der Waals surface area (Å²) in [7, 11) is 0. The summed E-state index contributed by atoms with van der Waals surface area (Å²) >= 11 is 0. The zero-order chi connectivity index (χ0) is 7.40. The van der Waals surface area contributed by atoms with Crippen LogP contribution in [-0.4, -0.2) is 4.98 Å². The molecular formula is C9H13N. The second kappa shape index (κ2) is 3.35. The van der Waals surface area contributed by atoms with Crippen molar-refractivity contribution in [2.75, 3.05) is 0 Å². The van der Waals surface area contributed by atoms with E-state index in [2.05, 4.69) is 31.0 Å². The summed E-state index contributed by atoms with van der Waals surface area (Å²) in [5.41, 5.74) is 1.39. The highest BCUT2D eigenvalue weighted by atomic mass is 14.6. The lowest BCUT2D eigenvalue weighted by Crippen LogP contribution is -1.89. The van der Waals surface area contributed by atoms with Crippen LogP contribution in [0.4, 0.5) is 0 Å². The van der Waals surface area contributed by atoms with Crippen LogP contribution in [0.25, 0.3) is 0 Å². The Kier molecular flexibility index (Phi) is 2.43. The van der Waals surface area contributed by atoms with Crippen molar-refractivity contribution >= 4 is 0 Å². The highest BCUT2D eigenvalue weighted by Gasteiger charge is 1.99. The minimum Gasteiger partial charge on any atom is -0.265 e. The van der Waals surface area contributed by atoms with Crippen LogP contribution >= 0.6 is 0 Å². The predicted octanol–water partition coefficient (Wildman–Crippen LogP) is 2.60. The zero-order valence-electron chi connectivity index (χ0n) is 6.54. The third kappa shape index (κ3) is 1.56. The summed E-state index contributed by atoms with van der Waals surface area (Å²) in [4.78, 5) is 3.96. The minimum absolute atomic E-state index is 0.669. The molecule has 1 aromatic rings. The maximum atomic E-state index is 3.96. The van der Waals surface area contributed by atoms with Crippen molar-refractivity contribution in [3.63, 3.8) is 0 Å². The largest absolute Gasteiger partial charge is 0.265 e. The molecule has 0 aliphatic heterocycles. The summed E-state index contributed by atoms with van der Waals surface area (Å²) < 4.78 is 0. The van der Waals surface area contributed by atoms with Crippen LogP contribution in [0.2, 0.25) is 0 Å². The van der Waals surface area contributed by atoms with Gasteiger partial charge in [-0.1, -0.05) is 13.8 Å². The van der Waals surface area contributed by atoms with Gasteiger partial charge in [-0.15, -0.1) is 0 Å². The predicted molar refractivity (Wildman–Crippen MR) is 42.9 cm³/mol. The molecule has 1 aromatic heterocycles. The van der Waals surface area contributed by atoms with Crippen LogP contribution in [0.3, 0.4) is 0 Å². The monoisotopic (exact) mass is 135 g/mol. The standard InChI is InChI=1S/C9H13N/c1-3-8(2)9-4-6-10-7-5-9/h4-8H,3H2,1-2H3/t8-/m1/s1. The molecule has 0 amide bonds. The molecule has 0 aromatic carbocycles. The molecule has 0 saturated carbocycles. The van der Waals surface area contributed by atoms with E-state index in [1.165, 1.54) is 12.0 Å². The van der Waals surface area contributed by atoms with E-state index < -0.39 is 0 Å². The maximum absolute atomic E-state index is 3.96. The molecule has 0 aliphatic carbocycles. The summed E-state index contributed by atoms with van der Waals surface area (Å²) in [6.07, 6.45) is 4.90. The molecule has 1 atom stereocenters. The van der Waals surface area contributed by atoms with Gasteiger partial charge in [0.1, 0.15) is 0 Å². The van der Waals surface area contributed by atoms with E-state index in [4.69, 9.17) is 0 Å². The van der Waals surface area contributed by atoms with E-state index in [0.717, 1.165) is 0 Å². The molecule has 0 unspecified atom stereocenters. The molecule has 0 saturated heterocycles. The second-order valence-corrected chi connectivity index (χ2v) is 2.59. The van der Waals surface area contributed by atoms with Crippen LogP contribution in [0.1, 0.15) is 31.7 Å². The molecule has 1 heteroatoms. The summed E-state index contributed by atoms with van der Waals surface area (Å²) in [6.45, 7) is 4.43. The Bertz CT molecular complexity index is 181. The van der Waals surface area contributed by atoms with Gasteiger partial charge in [0.15, 0.2) is 0 Å². The van der Waals surface area contributed by atoms with Gasteiger partial charge in [-0.3, -0.25) is 4.98 Å². The minimum atomic E-state index is 0.669. The Morgan fingerprint density at radius 3 is 2.50 bits per heavy atom. The van der Waals surface area contributed by atoms with Crippen molar-refractivity contribution in [3.8, 4) is 0 Å². The number of pyridine rings is 1. The molecule has 1 heterocycles. The Morgan fingerprint density at radius 2 is 2.00 bits per heavy atom. The van der Waals surface area contributed by atoms with Gasteiger partial charge in [0.25, 0.3) is 0 Å². The van der Waals surface area contributed by atoms with E-state index in [-0.39, 0.29) is 0 Å². The molecule has 1 nitrogen and oxygen atoms in total. The molecule has 54 valence electrons. The Balaban J connectivity index is 2.75. The SMILES string of the molecule is CC[C@@H](C)c1ccncc1. The van der Waals surface area contributed by atoms with E-state index in [1.54, 1.807) is 0 Å². The number of hydrogen-bond acceptors (Lipinski definition) is 1. The quantitative estimate of drug-likeness (QED) is 0.607. The fraction of sp³-hybridized carbons (Fsp3) is 0.444. The van der Waals surface area contributed by atoms with Gasteiger partial charge in [-0.2, -0.15) is 0 Å². The van der Waals surface area contributed by atoms with Gasteiger partial charge in [0.2, 0.25) is 0 Å². The van der Waals surface area contributed by atoms with Crippen molar-refractivity contribution in [2.45, 2.75) is 26.2 Å². The highest BCUT2D eigenvalue weighted by Crippen LogP contribution is 2.16. The van der Waals surface area contributed by atoms with E-state index in [9.17, 15) is 0 Å². The van der Waals surface area contributed by atoms with Crippen LogP contribution < -0.4 is 0 Å². The molecule has 0 fully saturated rings. The van der Waals surface area contributed by atoms with Crippen molar-refractivity contribution in [1.29, 1.82) is 0 Å². The third-order valence-electron chi connectivity index (χ3n) is 1.89. The molecular weight excluding hydrogens is 122 g/mol. The first kappa shape index (κ1) is 7.26. The summed E-state index contributed by atoms with van der Waals surface area (Å²) in [6, 6.07) is 4.16. The normalized spacial score (nSPS) is 13.0. The van der Waals surface area contributed by atoms with Crippen LogP contribution in [0, 0.1) is 0 Å². The number of rotatable bonds is 2. The molecule has 0 bridgehead atoms. The molecule has 1 rings (SSSR count). The third-order valence-corrected chi connectivity index (χ3v) is 1.89. The van der Waals surface area contributed by atoms with Crippen molar-refractivity contribution in [3.05, 3.63) is 30.1 Å². The lowest BCUT2D eigenvalue weighted by Gasteiger charge is -2.06. The Morgan fingerprint density at radius 1 is 1.40 bits per heavy atom. The Labute approximate surface area is 62.1 Å². The van der Waals surface area contributed by atoms with E-state index >= 15 is 0 Å². The summed E-state index contributed by atoms with van der Waals surface area (Å²) in [5.74, 6) is 0.669. The van der Waals surface area contributed by atoms with Crippen LogP contribution in [0.15, 0.2) is 24.5 Å². The number of hydrogen-bond donors (Lipinski definition) is 0. The summed E-state index contributed by atoms with van der Waals surface area (Å²) in [5, 5.41) is 0. The fourth-order valence-electron chi connectivity index (χ4n) is 0.928. The smallest absolute Gasteiger partial charge is 0.0270 e. The maximum Gasteiger partial charge on any atom is 0.0270 e. The van der Waals surface area contributed by atoms with E-state index in [0.29, 0.717) is 5.92 Å². The van der Waals surface area contributed by atoms with Gasteiger partial charge in [-0.25, -0.2) is 0 Å². The fourth-order valence-corrected chi connectivity index (χ4v) is 0.928. The van der Waals surface area contributed by atoms with Crippen molar-refractivity contribution in [1.82, 2.24) is 4.98 Å². The van der Waals surface area contributed by atoms with Gasteiger partial charge >= 0.3 is 0 Å². The van der Waals surface area contributed by atoms with Gasteiger partial charge < -0.3 is 0 Å². The van der Waals surface area contributed by atoms with Gasteiger partial charge in [-0.05, 0) is 30.0 Å². The van der Waals surface area contributed by atoms with Crippen LogP contribution in [0.5, 0.6) is 0 Å². The molecule has 0 radical (unpaired) electrons.